The van der Waals surface area contributed by atoms with Gasteiger partial charge in [-0.3, -0.25) is 0 Å². The highest BCUT2D eigenvalue weighted by molar-refractivity contribution is 14.0. The van der Waals surface area contributed by atoms with Crippen molar-refractivity contribution in [1.82, 2.24) is 15.5 Å². The molecule has 1 unspecified atom stereocenters. The number of nitrogens with zero attached hydrogens (tertiary/aromatic N) is 2. The molecule has 6 heteroatoms. The lowest BCUT2D eigenvalue weighted by atomic mass is 10.1. The first-order chi connectivity index (χ1) is 11.6. The van der Waals surface area contributed by atoms with Crippen LogP contribution in [0.25, 0.3) is 0 Å². The van der Waals surface area contributed by atoms with E-state index in [2.05, 4.69) is 85.3 Å². The Morgan fingerprint density at radius 1 is 1.16 bits per heavy atom. The Kier molecular flexibility index (Phi) is 10.1. The summed E-state index contributed by atoms with van der Waals surface area (Å²) in [5, 5.41) is 8.94. The van der Waals surface area contributed by atoms with Crippen LogP contribution >= 0.6 is 35.3 Å². The highest BCUT2D eigenvalue weighted by Crippen LogP contribution is 2.17. The summed E-state index contributed by atoms with van der Waals surface area (Å²) in [6.45, 7) is 6.61. The number of thiophene rings is 1. The molecule has 1 aromatic heterocycles. The summed E-state index contributed by atoms with van der Waals surface area (Å²) in [7, 11) is 4.22. The van der Waals surface area contributed by atoms with Crippen LogP contribution in [0, 0.1) is 6.92 Å². The molecule has 0 aliphatic rings. The maximum absolute atomic E-state index is 4.73. The van der Waals surface area contributed by atoms with Crippen LogP contribution in [0.4, 0.5) is 0 Å². The second-order valence-electron chi connectivity index (χ2n) is 5.99. The molecule has 1 atom stereocenters. The number of rotatable bonds is 7. The van der Waals surface area contributed by atoms with E-state index in [1.807, 2.05) is 0 Å². The van der Waals surface area contributed by atoms with Crippen molar-refractivity contribution in [3.8, 4) is 0 Å². The molecule has 138 valence electrons. The van der Waals surface area contributed by atoms with E-state index in [4.69, 9.17) is 4.99 Å². The molecule has 0 saturated heterocycles. The summed E-state index contributed by atoms with van der Waals surface area (Å²) < 4.78 is 0. The lowest BCUT2D eigenvalue weighted by Crippen LogP contribution is -2.41. The normalized spacial score (nSPS) is 12.6. The number of hydrogen-bond acceptors (Lipinski definition) is 3. The average Bonchev–Trinajstić information content (AvgIpc) is 2.98. The number of benzene rings is 1. The molecule has 0 aliphatic carbocycles. The van der Waals surface area contributed by atoms with Gasteiger partial charge in [0, 0.05) is 18.0 Å². The first-order valence-corrected chi connectivity index (χ1v) is 9.26. The maximum atomic E-state index is 4.73. The van der Waals surface area contributed by atoms with E-state index in [1.165, 1.54) is 16.0 Å². The van der Waals surface area contributed by atoms with Gasteiger partial charge in [-0.25, -0.2) is 4.99 Å². The highest BCUT2D eigenvalue weighted by Gasteiger charge is 2.14. The molecule has 1 aromatic carbocycles. The van der Waals surface area contributed by atoms with Gasteiger partial charge in [0.15, 0.2) is 5.96 Å². The van der Waals surface area contributed by atoms with E-state index >= 15 is 0 Å². The van der Waals surface area contributed by atoms with Gasteiger partial charge in [-0.15, -0.1) is 35.3 Å². The predicted molar refractivity (Wildman–Crippen MR) is 120 cm³/mol. The number of guanidine groups is 1. The van der Waals surface area contributed by atoms with Gasteiger partial charge in [-0.05, 0) is 50.5 Å². The fourth-order valence-corrected chi connectivity index (χ4v) is 3.36. The molecule has 2 rings (SSSR count). The summed E-state index contributed by atoms with van der Waals surface area (Å²) in [5.74, 6) is 0.869. The van der Waals surface area contributed by atoms with Crippen molar-refractivity contribution in [3.63, 3.8) is 0 Å². The van der Waals surface area contributed by atoms with Crippen molar-refractivity contribution in [2.75, 3.05) is 27.2 Å². The minimum atomic E-state index is 0. The SMILES string of the molecule is CCNC(=NCc1sccc1C)NCC(c1ccccc1)N(C)C.I. The molecule has 0 fully saturated rings. The zero-order chi connectivity index (χ0) is 17.4. The largest absolute Gasteiger partial charge is 0.357 e. The van der Waals surface area contributed by atoms with Gasteiger partial charge in [0.2, 0.25) is 0 Å². The third kappa shape index (κ3) is 6.95. The van der Waals surface area contributed by atoms with Crippen molar-refractivity contribution in [1.29, 1.82) is 0 Å². The molecule has 0 spiro atoms. The van der Waals surface area contributed by atoms with Gasteiger partial charge in [0.25, 0.3) is 0 Å². The van der Waals surface area contributed by atoms with Crippen LogP contribution in [0.2, 0.25) is 0 Å². The monoisotopic (exact) mass is 472 g/mol. The Labute approximate surface area is 172 Å². The molecule has 2 aromatic rings. The van der Waals surface area contributed by atoms with Crippen LogP contribution < -0.4 is 10.6 Å². The van der Waals surface area contributed by atoms with E-state index in [-0.39, 0.29) is 24.0 Å². The van der Waals surface area contributed by atoms with Crippen LogP contribution in [-0.2, 0) is 6.54 Å². The van der Waals surface area contributed by atoms with E-state index in [0.29, 0.717) is 6.04 Å². The van der Waals surface area contributed by atoms with Crippen LogP contribution in [0.1, 0.15) is 29.0 Å². The molecular formula is C19H29IN4S. The van der Waals surface area contributed by atoms with Gasteiger partial charge in [-0.1, -0.05) is 30.3 Å². The van der Waals surface area contributed by atoms with Gasteiger partial charge >= 0.3 is 0 Å². The quantitative estimate of drug-likeness (QED) is 0.363. The Morgan fingerprint density at radius 2 is 1.88 bits per heavy atom. The van der Waals surface area contributed by atoms with E-state index in [1.54, 1.807) is 11.3 Å². The van der Waals surface area contributed by atoms with E-state index in [0.717, 1.165) is 25.6 Å². The number of nitrogens with one attached hydrogen (secondary N) is 2. The Morgan fingerprint density at radius 3 is 2.44 bits per heavy atom. The number of halogens is 1. The van der Waals surface area contributed by atoms with Gasteiger partial charge in [0.1, 0.15) is 0 Å². The van der Waals surface area contributed by atoms with Crippen LogP contribution in [0.3, 0.4) is 0 Å². The van der Waals surface area contributed by atoms with E-state index in [9.17, 15) is 0 Å². The molecule has 25 heavy (non-hydrogen) atoms. The average molecular weight is 472 g/mol. The molecule has 1 heterocycles. The number of aliphatic imine (C=N–C) groups is 1. The lowest BCUT2D eigenvalue weighted by Gasteiger charge is -2.26. The van der Waals surface area contributed by atoms with Crippen molar-refractivity contribution in [2.45, 2.75) is 26.4 Å². The lowest BCUT2D eigenvalue weighted by molar-refractivity contribution is 0.298. The Bertz CT molecular complexity index is 640. The zero-order valence-corrected chi connectivity index (χ0v) is 18.6. The van der Waals surface area contributed by atoms with Gasteiger partial charge in [0.05, 0.1) is 12.6 Å². The topological polar surface area (TPSA) is 39.7 Å². The van der Waals surface area contributed by atoms with Crippen molar-refractivity contribution in [2.24, 2.45) is 4.99 Å². The smallest absolute Gasteiger partial charge is 0.191 e. The second kappa shape index (κ2) is 11.5. The first-order valence-electron chi connectivity index (χ1n) is 8.38. The summed E-state index contributed by atoms with van der Waals surface area (Å²) in [6.07, 6.45) is 0. The summed E-state index contributed by atoms with van der Waals surface area (Å²) in [4.78, 5) is 8.28. The molecule has 0 saturated carbocycles. The van der Waals surface area contributed by atoms with E-state index < -0.39 is 0 Å². The van der Waals surface area contributed by atoms with Crippen LogP contribution in [0.5, 0.6) is 0 Å². The summed E-state index contributed by atoms with van der Waals surface area (Å²) in [6, 6.07) is 13.0. The van der Waals surface area contributed by atoms with Crippen LogP contribution in [0.15, 0.2) is 46.8 Å². The first kappa shape index (κ1) is 21.9. The maximum Gasteiger partial charge on any atom is 0.191 e. The molecule has 0 bridgehead atoms. The number of likely N-dealkylation sites (N-methyl/N-ethyl adjacent to an activating group) is 1. The summed E-state index contributed by atoms with van der Waals surface area (Å²) in [5.41, 5.74) is 2.62. The molecule has 0 radical (unpaired) electrons. The molecular weight excluding hydrogens is 443 g/mol. The second-order valence-corrected chi connectivity index (χ2v) is 6.99. The van der Waals surface area contributed by atoms with Crippen molar-refractivity contribution >= 4 is 41.3 Å². The molecule has 0 aliphatic heterocycles. The molecule has 4 nitrogen and oxygen atoms in total. The minimum Gasteiger partial charge on any atom is -0.357 e. The Balaban J connectivity index is 0.00000312. The standard InChI is InChI=1S/C19H28N4S.HI/c1-5-20-19(22-14-18-15(2)11-12-24-18)21-13-17(23(3)4)16-9-7-6-8-10-16;/h6-12,17H,5,13-14H2,1-4H3,(H2,20,21,22);1H. The number of hydrogen-bond donors (Lipinski definition) is 2. The summed E-state index contributed by atoms with van der Waals surface area (Å²) >= 11 is 1.76. The fraction of sp³-hybridized carbons (Fsp3) is 0.421. The highest BCUT2D eigenvalue weighted by atomic mass is 127. The zero-order valence-electron chi connectivity index (χ0n) is 15.5. The van der Waals surface area contributed by atoms with Crippen LogP contribution in [-0.4, -0.2) is 38.0 Å². The Hall–Kier alpha value is -1.12. The van der Waals surface area contributed by atoms with Gasteiger partial charge in [-0.2, -0.15) is 0 Å². The number of aryl methyl sites for hydroxylation is 1. The molecule has 2 N–H and O–H groups in total. The third-order valence-electron chi connectivity index (χ3n) is 3.96. The van der Waals surface area contributed by atoms with Crippen molar-refractivity contribution < 1.29 is 0 Å². The fourth-order valence-electron chi connectivity index (χ4n) is 2.53. The predicted octanol–water partition coefficient (Wildman–Crippen LogP) is 4.03. The minimum absolute atomic E-state index is 0. The molecule has 0 amide bonds. The van der Waals surface area contributed by atoms with Gasteiger partial charge < -0.3 is 15.5 Å². The third-order valence-corrected chi connectivity index (χ3v) is 4.97. The van der Waals surface area contributed by atoms with Crippen molar-refractivity contribution in [3.05, 3.63) is 57.8 Å².